The van der Waals surface area contributed by atoms with Crippen molar-refractivity contribution < 1.29 is 4.79 Å². The fraction of sp³-hybridized carbons (Fsp3) is 0.562. The van der Waals surface area contributed by atoms with E-state index in [0.717, 1.165) is 28.8 Å². The molecule has 4 heteroatoms. The van der Waals surface area contributed by atoms with Crippen LogP contribution < -0.4 is 10.6 Å². The van der Waals surface area contributed by atoms with E-state index < -0.39 is 0 Å². The van der Waals surface area contributed by atoms with Crippen LogP contribution in [-0.4, -0.2) is 19.0 Å². The smallest absolute Gasteiger partial charge is 0.224 e. The van der Waals surface area contributed by atoms with Gasteiger partial charge >= 0.3 is 0 Å². The predicted octanol–water partition coefficient (Wildman–Crippen LogP) is 3.72. The topological polar surface area (TPSA) is 41.1 Å². The monoisotopic (exact) mass is 338 g/mol. The predicted molar refractivity (Wildman–Crippen MR) is 86.9 cm³/mol. The summed E-state index contributed by atoms with van der Waals surface area (Å²) >= 11 is 3.53. The largest absolute Gasteiger partial charge is 0.325 e. The molecular weight excluding hydrogens is 316 g/mol. The molecule has 1 aromatic carbocycles. The van der Waals surface area contributed by atoms with E-state index in [1.807, 2.05) is 25.1 Å². The molecule has 2 N–H and O–H groups in total. The van der Waals surface area contributed by atoms with Gasteiger partial charge in [0.25, 0.3) is 0 Å². The average molecular weight is 339 g/mol. The molecule has 1 aromatic rings. The van der Waals surface area contributed by atoms with Crippen molar-refractivity contribution in [2.45, 2.75) is 33.1 Å². The second-order valence-corrected chi connectivity index (χ2v) is 6.57. The molecular formula is C16H23BrN2O. The number of halogens is 1. The van der Waals surface area contributed by atoms with Crippen molar-refractivity contribution in [2.75, 3.05) is 18.4 Å². The molecule has 0 radical (unpaired) electrons. The summed E-state index contributed by atoms with van der Waals surface area (Å²) in [6.07, 6.45) is 3.04. The van der Waals surface area contributed by atoms with Gasteiger partial charge in [-0.2, -0.15) is 0 Å². The van der Waals surface area contributed by atoms with Gasteiger partial charge < -0.3 is 10.6 Å². The third kappa shape index (κ3) is 4.06. The van der Waals surface area contributed by atoms with Crippen LogP contribution in [0.2, 0.25) is 0 Å². The third-order valence-electron chi connectivity index (χ3n) is 4.11. The molecule has 0 aromatic heterocycles. The highest BCUT2D eigenvalue weighted by Gasteiger charge is 2.22. The molecule has 1 saturated heterocycles. The minimum atomic E-state index is 0.106. The minimum Gasteiger partial charge on any atom is -0.325 e. The normalized spacial score (nSPS) is 20.4. The van der Waals surface area contributed by atoms with Gasteiger partial charge in [0.2, 0.25) is 5.91 Å². The van der Waals surface area contributed by atoms with Gasteiger partial charge in [-0.3, -0.25) is 4.79 Å². The van der Waals surface area contributed by atoms with E-state index in [9.17, 15) is 4.79 Å². The van der Waals surface area contributed by atoms with E-state index in [1.165, 1.54) is 12.8 Å². The maximum absolute atomic E-state index is 12.2. The Kier molecular flexibility index (Phi) is 5.61. The second kappa shape index (κ2) is 7.23. The van der Waals surface area contributed by atoms with Gasteiger partial charge in [0.15, 0.2) is 0 Å². The van der Waals surface area contributed by atoms with Gasteiger partial charge in [-0.15, -0.1) is 0 Å². The van der Waals surface area contributed by atoms with E-state index in [2.05, 4.69) is 33.5 Å². The zero-order chi connectivity index (χ0) is 14.5. The lowest BCUT2D eigenvalue weighted by Gasteiger charge is -2.28. The number of aryl methyl sites for hydroxylation is 1. The summed E-state index contributed by atoms with van der Waals surface area (Å²) in [7, 11) is 0. The van der Waals surface area contributed by atoms with E-state index in [0.29, 0.717) is 18.3 Å². The Bertz CT molecular complexity index is 470. The van der Waals surface area contributed by atoms with Crippen molar-refractivity contribution >= 4 is 27.5 Å². The van der Waals surface area contributed by atoms with Crippen LogP contribution in [0.5, 0.6) is 0 Å². The Morgan fingerprint density at radius 3 is 3.05 bits per heavy atom. The third-order valence-corrected chi connectivity index (χ3v) is 5.17. The van der Waals surface area contributed by atoms with E-state index >= 15 is 0 Å². The average Bonchev–Trinajstić information content (AvgIpc) is 2.45. The Labute approximate surface area is 129 Å². The van der Waals surface area contributed by atoms with Gasteiger partial charge in [0.05, 0.1) is 5.69 Å². The number of piperidine rings is 1. The molecule has 3 nitrogen and oxygen atoms in total. The Balaban J connectivity index is 1.90. The van der Waals surface area contributed by atoms with Crippen molar-refractivity contribution in [3.8, 4) is 0 Å². The van der Waals surface area contributed by atoms with Crippen molar-refractivity contribution in [3.05, 3.63) is 28.2 Å². The summed E-state index contributed by atoms with van der Waals surface area (Å²) in [5, 5.41) is 6.43. The quantitative estimate of drug-likeness (QED) is 0.878. The van der Waals surface area contributed by atoms with Gasteiger partial charge in [0, 0.05) is 10.9 Å². The standard InChI is InChI=1S/C16H23BrN2O/c1-11-5-3-7-14(16(11)17)19-15(20)9-12(2)13-6-4-8-18-10-13/h3,5,7,12-13,18H,4,6,8-10H2,1-2H3,(H,19,20). The number of rotatable bonds is 4. The zero-order valence-electron chi connectivity index (χ0n) is 12.2. The first kappa shape index (κ1) is 15.5. The molecule has 110 valence electrons. The summed E-state index contributed by atoms with van der Waals surface area (Å²) in [6, 6.07) is 5.92. The molecule has 1 fully saturated rings. The molecule has 20 heavy (non-hydrogen) atoms. The molecule has 0 bridgehead atoms. The molecule has 0 spiro atoms. The van der Waals surface area contributed by atoms with Crippen LogP contribution in [0.1, 0.15) is 31.7 Å². The summed E-state index contributed by atoms with van der Waals surface area (Å²) in [6.45, 7) is 6.37. The summed E-state index contributed by atoms with van der Waals surface area (Å²) in [5.41, 5.74) is 2.00. The lowest BCUT2D eigenvalue weighted by molar-refractivity contribution is -0.117. The molecule has 0 aliphatic carbocycles. The van der Waals surface area contributed by atoms with E-state index in [4.69, 9.17) is 0 Å². The molecule has 1 aliphatic rings. The van der Waals surface area contributed by atoms with Gasteiger partial charge in [-0.25, -0.2) is 0 Å². The van der Waals surface area contributed by atoms with Gasteiger partial charge in [-0.05, 0) is 72.3 Å². The fourth-order valence-electron chi connectivity index (χ4n) is 2.77. The summed E-state index contributed by atoms with van der Waals surface area (Å²) in [4.78, 5) is 12.2. The molecule has 1 amide bonds. The van der Waals surface area contributed by atoms with Crippen LogP contribution >= 0.6 is 15.9 Å². The Hall–Kier alpha value is -0.870. The van der Waals surface area contributed by atoms with Crippen molar-refractivity contribution in [2.24, 2.45) is 11.8 Å². The summed E-state index contributed by atoms with van der Waals surface area (Å²) in [5.74, 6) is 1.15. The SMILES string of the molecule is Cc1cccc(NC(=O)CC(C)C2CCCNC2)c1Br. The number of carbonyl (C=O) groups excluding carboxylic acids is 1. The van der Waals surface area contributed by atoms with Crippen molar-refractivity contribution in [1.29, 1.82) is 0 Å². The van der Waals surface area contributed by atoms with Crippen LogP contribution in [0.3, 0.4) is 0 Å². The van der Waals surface area contributed by atoms with E-state index in [-0.39, 0.29) is 5.91 Å². The zero-order valence-corrected chi connectivity index (χ0v) is 13.8. The number of carbonyl (C=O) groups is 1. The molecule has 0 saturated carbocycles. The van der Waals surface area contributed by atoms with E-state index in [1.54, 1.807) is 0 Å². The summed E-state index contributed by atoms with van der Waals surface area (Å²) < 4.78 is 0.973. The van der Waals surface area contributed by atoms with Gasteiger partial charge in [-0.1, -0.05) is 19.1 Å². The first-order valence-corrected chi connectivity index (χ1v) is 8.13. The minimum absolute atomic E-state index is 0.106. The lowest BCUT2D eigenvalue weighted by Crippen LogP contribution is -2.34. The molecule has 1 aliphatic heterocycles. The Morgan fingerprint density at radius 1 is 1.55 bits per heavy atom. The van der Waals surface area contributed by atoms with Crippen LogP contribution in [0, 0.1) is 18.8 Å². The van der Waals surface area contributed by atoms with Crippen LogP contribution in [0.15, 0.2) is 22.7 Å². The number of amides is 1. The molecule has 2 atom stereocenters. The van der Waals surface area contributed by atoms with Gasteiger partial charge in [0.1, 0.15) is 0 Å². The molecule has 2 rings (SSSR count). The molecule has 2 unspecified atom stereocenters. The van der Waals surface area contributed by atoms with Crippen LogP contribution in [-0.2, 0) is 4.79 Å². The maximum atomic E-state index is 12.2. The highest BCUT2D eigenvalue weighted by atomic mass is 79.9. The van der Waals surface area contributed by atoms with Crippen LogP contribution in [0.4, 0.5) is 5.69 Å². The number of hydrogen-bond acceptors (Lipinski definition) is 2. The first-order chi connectivity index (χ1) is 9.58. The van der Waals surface area contributed by atoms with Crippen LogP contribution in [0.25, 0.3) is 0 Å². The highest BCUT2D eigenvalue weighted by Crippen LogP contribution is 2.27. The van der Waals surface area contributed by atoms with Crippen molar-refractivity contribution in [3.63, 3.8) is 0 Å². The maximum Gasteiger partial charge on any atom is 0.224 e. The first-order valence-electron chi connectivity index (χ1n) is 7.33. The number of anilines is 1. The fourth-order valence-corrected chi connectivity index (χ4v) is 3.13. The lowest BCUT2D eigenvalue weighted by atomic mass is 9.85. The number of hydrogen-bond donors (Lipinski definition) is 2. The highest BCUT2D eigenvalue weighted by molar-refractivity contribution is 9.10. The Morgan fingerprint density at radius 2 is 2.35 bits per heavy atom. The van der Waals surface area contributed by atoms with Crippen molar-refractivity contribution in [1.82, 2.24) is 5.32 Å². The second-order valence-electron chi connectivity index (χ2n) is 5.77. The number of nitrogens with one attached hydrogen (secondary N) is 2. The molecule has 1 heterocycles. The number of benzene rings is 1.